The van der Waals surface area contributed by atoms with Crippen molar-refractivity contribution in [2.45, 2.75) is 39.3 Å². The van der Waals surface area contributed by atoms with Gasteiger partial charge in [0.15, 0.2) is 0 Å². The Labute approximate surface area is 161 Å². The summed E-state index contributed by atoms with van der Waals surface area (Å²) in [6.07, 6.45) is 0.363. The van der Waals surface area contributed by atoms with Crippen LogP contribution in [0.15, 0.2) is 42.5 Å². The maximum atomic E-state index is 10.2. The second kappa shape index (κ2) is 10.7. The number of aryl methyl sites for hydroxylation is 2. The lowest BCUT2D eigenvalue weighted by atomic mass is 10.0. The molecular formula is C20H27Cl2NO2. The van der Waals surface area contributed by atoms with Crippen LogP contribution in [0.25, 0.3) is 0 Å². The standard InChI is InChI=1S/C20H26ClNO2.ClH/c1-4-19(16-8-5-14(2)6-9-16)22-12-17(23)13-24-20-10-7-15(3)11-18(20)21;/h5-11,17,19,22-23H,4,12-13H2,1-3H3;1H. The molecule has 0 aromatic heterocycles. The van der Waals surface area contributed by atoms with Gasteiger partial charge in [0, 0.05) is 12.6 Å². The van der Waals surface area contributed by atoms with Gasteiger partial charge in [-0.25, -0.2) is 0 Å². The van der Waals surface area contributed by atoms with E-state index in [1.54, 1.807) is 0 Å². The fourth-order valence-electron chi connectivity index (χ4n) is 2.54. The Balaban J connectivity index is 0.00000312. The number of rotatable bonds is 8. The summed E-state index contributed by atoms with van der Waals surface area (Å²) in [5.74, 6) is 0.604. The Hall–Kier alpha value is -1.26. The van der Waals surface area contributed by atoms with Crippen LogP contribution >= 0.6 is 24.0 Å². The molecule has 0 fully saturated rings. The number of nitrogens with one attached hydrogen (secondary N) is 1. The van der Waals surface area contributed by atoms with Gasteiger partial charge in [0.2, 0.25) is 0 Å². The highest BCUT2D eigenvalue weighted by atomic mass is 35.5. The van der Waals surface area contributed by atoms with Gasteiger partial charge in [0.1, 0.15) is 18.5 Å². The fraction of sp³-hybridized carbons (Fsp3) is 0.400. The Morgan fingerprint density at radius 2 is 1.72 bits per heavy atom. The number of hydrogen-bond acceptors (Lipinski definition) is 3. The summed E-state index contributed by atoms with van der Waals surface area (Å²) in [5.41, 5.74) is 3.56. The molecule has 0 aliphatic carbocycles. The van der Waals surface area contributed by atoms with Crippen LogP contribution in [-0.2, 0) is 0 Å². The van der Waals surface area contributed by atoms with Gasteiger partial charge in [-0.15, -0.1) is 12.4 Å². The minimum atomic E-state index is -0.595. The normalized spacial score (nSPS) is 13.0. The van der Waals surface area contributed by atoms with E-state index in [4.69, 9.17) is 16.3 Å². The first kappa shape index (κ1) is 21.8. The van der Waals surface area contributed by atoms with Crippen molar-refractivity contribution in [1.82, 2.24) is 5.32 Å². The summed E-state index contributed by atoms with van der Waals surface area (Å²) in [7, 11) is 0. The maximum Gasteiger partial charge on any atom is 0.138 e. The molecule has 2 unspecified atom stereocenters. The van der Waals surface area contributed by atoms with E-state index in [-0.39, 0.29) is 25.1 Å². The van der Waals surface area contributed by atoms with Crippen LogP contribution in [0.3, 0.4) is 0 Å². The van der Waals surface area contributed by atoms with E-state index >= 15 is 0 Å². The van der Waals surface area contributed by atoms with Crippen molar-refractivity contribution in [1.29, 1.82) is 0 Å². The van der Waals surface area contributed by atoms with Crippen molar-refractivity contribution in [3.05, 3.63) is 64.2 Å². The van der Waals surface area contributed by atoms with Crippen molar-refractivity contribution in [2.75, 3.05) is 13.2 Å². The summed E-state index contributed by atoms with van der Waals surface area (Å²) in [5, 5.41) is 14.1. The monoisotopic (exact) mass is 383 g/mol. The van der Waals surface area contributed by atoms with E-state index in [2.05, 4.69) is 43.4 Å². The van der Waals surface area contributed by atoms with Crippen LogP contribution in [0.2, 0.25) is 5.02 Å². The molecule has 2 atom stereocenters. The Morgan fingerprint density at radius 1 is 1.08 bits per heavy atom. The predicted molar refractivity (Wildman–Crippen MR) is 107 cm³/mol. The number of halogens is 2. The van der Waals surface area contributed by atoms with E-state index in [9.17, 15) is 5.11 Å². The summed E-state index contributed by atoms with van der Waals surface area (Å²) in [6, 6.07) is 14.3. The zero-order valence-corrected chi connectivity index (χ0v) is 16.5. The molecule has 5 heteroatoms. The minimum Gasteiger partial charge on any atom is -0.489 e. The van der Waals surface area contributed by atoms with Crippen LogP contribution < -0.4 is 10.1 Å². The van der Waals surface area contributed by atoms with Crippen molar-refractivity contribution in [3.63, 3.8) is 0 Å². The molecule has 0 saturated carbocycles. The summed E-state index contributed by atoms with van der Waals surface area (Å²) < 4.78 is 5.62. The number of ether oxygens (including phenoxy) is 1. The Bertz CT molecular complexity index is 647. The van der Waals surface area contributed by atoms with Gasteiger partial charge in [-0.1, -0.05) is 54.4 Å². The lowest BCUT2D eigenvalue weighted by Gasteiger charge is -2.20. The van der Waals surface area contributed by atoms with Crippen LogP contribution in [-0.4, -0.2) is 24.4 Å². The quantitative estimate of drug-likeness (QED) is 0.683. The van der Waals surface area contributed by atoms with E-state index in [1.807, 2.05) is 25.1 Å². The molecule has 2 rings (SSSR count). The molecule has 0 radical (unpaired) electrons. The van der Waals surface area contributed by atoms with Gasteiger partial charge in [-0.2, -0.15) is 0 Å². The summed E-state index contributed by atoms with van der Waals surface area (Å²) in [6.45, 7) is 6.86. The lowest BCUT2D eigenvalue weighted by Crippen LogP contribution is -2.33. The SMILES string of the molecule is CCC(NCC(O)COc1ccc(C)cc1Cl)c1ccc(C)cc1.Cl. The highest BCUT2D eigenvalue weighted by Gasteiger charge is 2.12. The summed E-state index contributed by atoms with van der Waals surface area (Å²) in [4.78, 5) is 0. The lowest BCUT2D eigenvalue weighted by molar-refractivity contribution is 0.103. The number of benzene rings is 2. The first-order valence-corrected chi connectivity index (χ1v) is 8.74. The third kappa shape index (κ3) is 6.87. The minimum absolute atomic E-state index is 0. The largest absolute Gasteiger partial charge is 0.489 e. The van der Waals surface area contributed by atoms with E-state index in [0.29, 0.717) is 17.3 Å². The van der Waals surface area contributed by atoms with Gasteiger partial charge in [0.05, 0.1) is 5.02 Å². The second-order valence-electron chi connectivity index (χ2n) is 6.18. The third-order valence-corrected chi connectivity index (χ3v) is 4.30. The highest BCUT2D eigenvalue weighted by Crippen LogP contribution is 2.25. The Morgan fingerprint density at radius 3 is 2.32 bits per heavy atom. The van der Waals surface area contributed by atoms with Crippen molar-refractivity contribution >= 4 is 24.0 Å². The molecular weight excluding hydrogens is 357 g/mol. The first-order chi connectivity index (χ1) is 11.5. The van der Waals surface area contributed by atoms with Crippen molar-refractivity contribution in [2.24, 2.45) is 0 Å². The molecule has 3 nitrogen and oxygen atoms in total. The molecule has 0 aliphatic rings. The molecule has 0 bridgehead atoms. The number of aliphatic hydroxyl groups excluding tert-OH is 1. The number of hydrogen-bond donors (Lipinski definition) is 2. The zero-order chi connectivity index (χ0) is 17.5. The molecule has 25 heavy (non-hydrogen) atoms. The average Bonchev–Trinajstić information content (AvgIpc) is 2.56. The van der Waals surface area contributed by atoms with Gasteiger partial charge in [-0.05, 0) is 43.5 Å². The zero-order valence-electron chi connectivity index (χ0n) is 15.0. The smallest absolute Gasteiger partial charge is 0.138 e. The average molecular weight is 384 g/mol. The highest BCUT2D eigenvalue weighted by molar-refractivity contribution is 6.32. The summed E-state index contributed by atoms with van der Waals surface area (Å²) >= 11 is 6.13. The molecule has 0 aliphatic heterocycles. The van der Waals surface area contributed by atoms with Crippen LogP contribution in [0.1, 0.15) is 36.1 Å². The van der Waals surface area contributed by atoms with E-state index in [1.165, 1.54) is 11.1 Å². The molecule has 0 spiro atoms. The Kier molecular flexibility index (Phi) is 9.30. The molecule has 0 saturated heterocycles. The van der Waals surface area contributed by atoms with E-state index < -0.39 is 6.10 Å². The fourth-order valence-corrected chi connectivity index (χ4v) is 2.83. The molecule has 2 aromatic rings. The molecule has 2 aromatic carbocycles. The van der Waals surface area contributed by atoms with Gasteiger partial charge < -0.3 is 15.2 Å². The van der Waals surface area contributed by atoms with Crippen LogP contribution in [0.4, 0.5) is 0 Å². The maximum absolute atomic E-state index is 10.2. The number of aliphatic hydroxyl groups is 1. The molecule has 138 valence electrons. The third-order valence-electron chi connectivity index (χ3n) is 4.01. The molecule has 2 N–H and O–H groups in total. The molecule has 0 amide bonds. The van der Waals surface area contributed by atoms with Crippen molar-refractivity contribution in [3.8, 4) is 5.75 Å². The van der Waals surface area contributed by atoms with E-state index in [0.717, 1.165) is 12.0 Å². The van der Waals surface area contributed by atoms with Crippen molar-refractivity contribution < 1.29 is 9.84 Å². The van der Waals surface area contributed by atoms with Crippen LogP contribution in [0, 0.1) is 13.8 Å². The molecule has 0 heterocycles. The van der Waals surface area contributed by atoms with Crippen LogP contribution in [0.5, 0.6) is 5.75 Å². The second-order valence-corrected chi connectivity index (χ2v) is 6.59. The topological polar surface area (TPSA) is 41.5 Å². The van der Waals surface area contributed by atoms with Gasteiger partial charge >= 0.3 is 0 Å². The predicted octanol–water partition coefficient (Wildman–Crippen LogP) is 4.86. The first-order valence-electron chi connectivity index (χ1n) is 8.36. The van der Waals surface area contributed by atoms with Gasteiger partial charge in [-0.3, -0.25) is 0 Å². The van der Waals surface area contributed by atoms with Gasteiger partial charge in [0.25, 0.3) is 0 Å².